The molecule has 2 N–H and O–H groups in total. The van der Waals surface area contributed by atoms with Gasteiger partial charge in [0, 0.05) is 5.69 Å². The predicted molar refractivity (Wildman–Crippen MR) is 127 cm³/mol. The first-order valence-electron chi connectivity index (χ1n) is 8.47. The molecule has 150 valence electrons. The van der Waals surface area contributed by atoms with Gasteiger partial charge in [0.15, 0.2) is 18.1 Å². The van der Waals surface area contributed by atoms with Gasteiger partial charge in [-0.3, -0.25) is 9.59 Å². The normalized spacial score (nSPS) is 14.7. The lowest BCUT2D eigenvalue weighted by molar-refractivity contribution is -0.118. The van der Waals surface area contributed by atoms with Gasteiger partial charge in [-0.05, 0) is 65.4 Å². The summed E-state index contributed by atoms with van der Waals surface area (Å²) in [7, 11) is 1.52. The molecule has 0 aliphatic carbocycles. The highest BCUT2D eigenvalue weighted by molar-refractivity contribution is 14.1. The van der Waals surface area contributed by atoms with Gasteiger partial charge in [-0.15, -0.1) is 0 Å². The van der Waals surface area contributed by atoms with E-state index in [1.54, 1.807) is 12.1 Å². The largest absolute Gasteiger partial charge is 0.493 e. The van der Waals surface area contributed by atoms with Crippen molar-refractivity contribution in [3.05, 3.63) is 56.0 Å². The molecule has 0 saturated carbocycles. The Kier molecular flexibility index (Phi) is 7.14. The molecule has 2 aromatic carbocycles. The minimum atomic E-state index is -0.273. The van der Waals surface area contributed by atoms with Crippen LogP contribution in [0.5, 0.6) is 11.5 Å². The molecule has 9 heteroatoms. The fourth-order valence-electron chi connectivity index (χ4n) is 2.51. The van der Waals surface area contributed by atoms with Crippen molar-refractivity contribution in [1.29, 1.82) is 0 Å². The first kappa shape index (κ1) is 21.6. The van der Waals surface area contributed by atoms with Gasteiger partial charge in [-0.2, -0.15) is 0 Å². The molecule has 0 aromatic heterocycles. The summed E-state index contributed by atoms with van der Waals surface area (Å²) in [5.41, 5.74) is 2.59. The van der Waals surface area contributed by atoms with Crippen LogP contribution in [-0.2, 0) is 9.59 Å². The first-order chi connectivity index (χ1) is 13.9. The van der Waals surface area contributed by atoms with E-state index < -0.39 is 0 Å². The maximum atomic E-state index is 12.2. The van der Waals surface area contributed by atoms with Crippen LogP contribution in [0, 0.1) is 10.5 Å². The van der Waals surface area contributed by atoms with E-state index >= 15 is 0 Å². The zero-order valence-corrected chi connectivity index (χ0v) is 19.4. The van der Waals surface area contributed by atoms with E-state index in [9.17, 15) is 9.59 Å². The second kappa shape index (κ2) is 9.59. The quantitative estimate of drug-likeness (QED) is 0.327. The van der Waals surface area contributed by atoms with Crippen LogP contribution in [0.3, 0.4) is 0 Å². The third-order valence-electron chi connectivity index (χ3n) is 3.87. The molecule has 1 aliphatic heterocycles. The number of carbonyl (C=O) groups excluding carboxylic acids is 2. The summed E-state index contributed by atoms with van der Waals surface area (Å²) >= 11 is 8.32. The molecule has 0 spiro atoms. The third kappa shape index (κ3) is 5.71. The Morgan fingerprint density at radius 3 is 2.66 bits per heavy atom. The number of anilines is 1. The fraction of sp³-hybridized carbons (Fsp3) is 0.150. The van der Waals surface area contributed by atoms with Crippen molar-refractivity contribution in [2.75, 3.05) is 19.0 Å². The van der Waals surface area contributed by atoms with Gasteiger partial charge in [0.2, 0.25) is 0 Å². The van der Waals surface area contributed by atoms with Crippen molar-refractivity contribution in [3.63, 3.8) is 0 Å². The lowest BCUT2D eigenvalue weighted by Gasteiger charge is -2.14. The molecule has 1 heterocycles. The van der Waals surface area contributed by atoms with Crippen molar-refractivity contribution in [2.45, 2.75) is 6.92 Å². The van der Waals surface area contributed by atoms with E-state index in [-0.39, 0.29) is 18.4 Å². The molecule has 29 heavy (non-hydrogen) atoms. The fourth-order valence-corrected chi connectivity index (χ4v) is 4.33. The van der Waals surface area contributed by atoms with Gasteiger partial charge in [0.1, 0.15) is 4.32 Å². The maximum Gasteiger partial charge on any atom is 0.263 e. The van der Waals surface area contributed by atoms with Gasteiger partial charge < -0.3 is 20.1 Å². The Bertz CT molecular complexity index is 1010. The van der Waals surface area contributed by atoms with Crippen LogP contribution in [-0.4, -0.2) is 29.9 Å². The van der Waals surface area contributed by atoms with Gasteiger partial charge >= 0.3 is 0 Å². The lowest BCUT2D eigenvalue weighted by Crippen LogP contribution is -2.20. The number of benzene rings is 2. The molecule has 0 bridgehead atoms. The van der Waals surface area contributed by atoms with Crippen molar-refractivity contribution in [1.82, 2.24) is 5.32 Å². The third-order valence-corrected chi connectivity index (χ3v) is 5.84. The highest BCUT2D eigenvalue weighted by Gasteiger charge is 2.22. The Balaban J connectivity index is 1.71. The Morgan fingerprint density at radius 2 is 2.03 bits per heavy atom. The van der Waals surface area contributed by atoms with Gasteiger partial charge in [-0.1, -0.05) is 41.7 Å². The highest BCUT2D eigenvalue weighted by Crippen LogP contribution is 2.36. The summed E-state index contributed by atoms with van der Waals surface area (Å²) in [6.45, 7) is 1.82. The lowest BCUT2D eigenvalue weighted by atomic mass is 10.2. The zero-order chi connectivity index (χ0) is 21.0. The molecule has 1 saturated heterocycles. The molecule has 2 aromatic rings. The number of methoxy groups -OCH3 is 1. The van der Waals surface area contributed by atoms with E-state index in [1.807, 2.05) is 37.3 Å². The number of ether oxygens (including phenoxy) is 2. The van der Waals surface area contributed by atoms with Gasteiger partial charge in [0.25, 0.3) is 11.8 Å². The van der Waals surface area contributed by atoms with E-state index in [4.69, 9.17) is 21.7 Å². The minimum Gasteiger partial charge on any atom is -0.493 e. The number of carbonyl (C=O) groups is 2. The van der Waals surface area contributed by atoms with E-state index in [2.05, 4.69) is 33.2 Å². The van der Waals surface area contributed by atoms with Crippen LogP contribution in [0.1, 0.15) is 11.1 Å². The summed E-state index contributed by atoms with van der Waals surface area (Å²) in [4.78, 5) is 24.6. The van der Waals surface area contributed by atoms with Crippen LogP contribution in [0.25, 0.3) is 6.08 Å². The first-order valence-corrected chi connectivity index (χ1v) is 10.8. The topological polar surface area (TPSA) is 76.7 Å². The van der Waals surface area contributed by atoms with E-state index in [0.717, 1.165) is 14.7 Å². The molecule has 6 nitrogen and oxygen atoms in total. The Morgan fingerprint density at radius 1 is 1.31 bits per heavy atom. The number of nitrogens with one attached hydrogen (secondary N) is 2. The molecule has 0 unspecified atom stereocenters. The molecule has 0 radical (unpaired) electrons. The Labute approximate surface area is 191 Å². The van der Waals surface area contributed by atoms with Crippen molar-refractivity contribution in [3.8, 4) is 11.5 Å². The molecule has 1 aliphatic rings. The zero-order valence-electron chi connectivity index (χ0n) is 15.6. The average Bonchev–Trinajstić information content (AvgIpc) is 2.99. The summed E-state index contributed by atoms with van der Waals surface area (Å²) < 4.78 is 12.3. The van der Waals surface area contributed by atoms with Gasteiger partial charge in [-0.25, -0.2) is 0 Å². The summed E-state index contributed by atoms with van der Waals surface area (Å²) in [5.74, 6) is 0.443. The smallest absolute Gasteiger partial charge is 0.263 e. The molecular weight excluding hydrogens is 523 g/mol. The van der Waals surface area contributed by atoms with Gasteiger partial charge in [0.05, 0.1) is 15.6 Å². The molecular formula is C20H17IN2O4S2. The number of rotatable bonds is 6. The molecule has 0 atom stereocenters. The maximum absolute atomic E-state index is 12.2. The van der Waals surface area contributed by atoms with Crippen LogP contribution >= 0.6 is 46.6 Å². The molecule has 1 fully saturated rings. The number of aryl methyl sites for hydroxylation is 1. The molecule has 2 amide bonds. The average molecular weight is 540 g/mol. The number of halogens is 1. The number of thioether (sulfide) groups is 1. The van der Waals surface area contributed by atoms with Crippen LogP contribution in [0.15, 0.2) is 41.3 Å². The highest BCUT2D eigenvalue weighted by atomic mass is 127. The van der Waals surface area contributed by atoms with E-state index in [0.29, 0.717) is 26.4 Å². The summed E-state index contributed by atoms with van der Waals surface area (Å²) in [6.07, 6.45) is 1.73. The summed E-state index contributed by atoms with van der Waals surface area (Å²) in [6, 6.07) is 11.1. The van der Waals surface area contributed by atoms with Crippen molar-refractivity contribution >= 4 is 74.5 Å². The molecule has 3 rings (SSSR count). The second-order valence-corrected chi connectivity index (χ2v) is 8.97. The minimum absolute atomic E-state index is 0.160. The van der Waals surface area contributed by atoms with Crippen molar-refractivity contribution in [2.24, 2.45) is 0 Å². The standard InChI is InChI=1S/C20H17IN2O4S2/c1-11-3-5-13(6-4-11)22-17(24)10-27-18-14(21)7-12(8-15(18)26-2)9-16-19(25)23-20(28)29-16/h3-9H,10H2,1-2H3,(H,22,24)(H,23,25,28)/b16-9-. The summed E-state index contributed by atoms with van der Waals surface area (Å²) in [5, 5.41) is 5.37. The van der Waals surface area contributed by atoms with Crippen molar-refractivity contribution < 1.29 is 19.1 Å². The monoisotopic (exact) mass is 540 g/mol. The number of thiocarbonyl (C=S) groups is 1. The Hall–Kier alpha value is -2.11. The van der Waals surface area contributed by atoms with Crippen LogP contribution in [0.2, 0.25) is 0 Å². The van der Waals surface area contributed by atoms with Crippen LogP contribution < -0.4 is 20.1 Å². The SMILES string of the molecule is COc1cc(/C=C2\SC(=S)NC2=O)cc(I)c1OCC(=O)Nc1ccc(C)cc1. The number of hydrogen-bond acceptors (Lipinski definition) is 6. The second-order valence-electron chi connectivity index (χ2n) is 6.09. The van der Waals surface area contributed by atoms with Crippen LogP contribution in [0.4, 0.5) is 5.69 Å². The predicted octanol–water partition coefficient (Wildman–Crippen LogP) is 4.11. The number of amides is 2. The number of hydrogen-bond donors (Lipinski definition) is 2. The van der Waals surface area contributed by atoms with E-state index in [1.165, 1.54) is 18.9 Å².